The van der Waals surface area contributed by atoms with E-state index in [1.807, 2.05) is 19.1 Å². The summed E-state index contributed by atoms with van der Waals surface area (Å²) >= 11 is 0. The highest BCUT2D eigenvalue weighted by molar-refractivity contribution is 5.92. The van der Waals surface area contributed by atoms with Gasteiger partial charge in [-0.3, -0.25) is 4.79 Å². The third-order valence-electron chi connectivity index (χ3n) is 2.29. The maximum atomic E-state index is 10.6. The van der Waals surface area contributed by atoms with E-state index in [9.17, 15) is 4.79 Å². The number of fused-ring (bicyclic) bond motifs is 1. The van der Waals surface area contributed by atoms with Gasteiger partial charge >= 0.3 is 0 Å². The number of methoxy groups -OCH3 is 1. The number of nitrogens with one attached hydrogen (secondary N) is 1. The van der Waals surface area contributed by atoms with Gasteiger partial charge in [0.05, 0.1) is 12.8 Å². The summed E-state index contributed by atoms with van der Waals surface area (Å²) in [6, 6.07) is 5.49. The number of aromatic nitrogens is 1. The van der Waals surface area contributed by atoms with Crippen molar-refractivity contribution in [2.24, 2.45) is 0 Å². The molecule has 0 aliphatic heterocycles. The van der Waals surface area contributed by atoms with Crippen molar-refractivity contribution in [3.8, 4) is 5.75 Å². The molecule has 3 nitrogen and oxygen atoms in total. The second kappa shape index (κ2) is 3.18. The molecule has 0 radical (unpaired) electrons. The van der Waals surface area contributed by atoms with Crippen LogP contribution in [-0.2, 0) is 0 Å². The van der Waals surface area contributed by atoms with E-state index in [0.29, 0.717) is 5.56 Å². The van der Waals surface area contributed by atoms with Crippen molar-refractivity contribution in [3.05, 3.63) is 29.5 Å². The Balaban J connectivity index is 2.77. The van der Waals surface area contributed by atoms with E-state index in [0.717, 1.165) is 28.6 Å². The van der Waals surface area contributed by atoms with Crippen molar-refractivity contribution in [2.75, 3.05) is 7.11 Å². The highest BCUT2D eigenvalue weighted by Crippen LogP contribution is 2.29. The van der Waals surface area contributed by atoms with Crippen LogP contribution in [0.1, 0.15) is 16.1 Å². The number of ether oxygens (including phenoxy) is 1. The first-order valence-electron chi connectivity index (χ1n) is 4.37. The van der Waals surface area contributed by atoms with Crippen molar-refractivity contribution in [1.29, 1.82) is 0 Å². The fourth-order valence-electron chi connectivity index (χ4n) is 1.66. The molecule has 0 saturated carbocycles. The van der Waals surface area contributed by atoms with Crippen molar-refractivity contribution >= 4 is 17.2 Å². The Morgan fingerprint density at radius 2 is 2.21 bits per heavy atom. The predicted octanol–water partition coefficient (Wildman–Crippen LogP) is 2.30. The van der Waals surface area contributed by atoms with E-state index in [4.69, 9.17) is 4.74 Å². The zero-order chi connectivity index (χ0) is 10.1. The van der Waals surface area contributed by atoms with Crippen molar-refractivity contribution in [2.45, 2.75) is 6.92 Å². The van der Waals surface area contributed by atoms with Gasteiger partial charge in [-0.25, -0.2) is 0 Å². The van der Waals surface area contributed by atoms with E-state index in [1.54, 1.807) is 13.2 Å². The Labute approximate surface area is 81.7 Å². The first-order chi connectivity index (χ1) is 6.76. The van der Waals surface area contributed by atoms with Gasteiger partial charge < -0.3 is 9.72 Å². The van der Waals surface area contributed by atoms with Crippen LogP contribution in [-0.4, -0.2) is 18.4 Å². The molecule has 0 amide bonds. The van der Waals surface area contributed by atoms with Crippen LogP contribution in [0.25, 0.3) is 10.9 Å². The number of H-pyrrole nitrogens is 1. The number of carbonyl (C=O) groups is 1. The number of hydrogen-bond acceptors (Lipinski definition) is 2. The van der Waals surface area contributed by atoms with E-state index >= 15 is 0 Å². The van der Waals surface area contributed by atoms with Crippen LogP contribution in [0, 0.1) is 6.92 Å². The van der Waals surface area contributed by atoms with Crippen LogP contribution in [0.5, 0.6) is 5.75 Å². The SMILES string of the molecule is COc1c(C)[nH]c2ccc(C=O)cc12. The van der Waals surface area contributed by atoms with Gasteiger partial charge in [0.15, 0.2) is 0 Å². The smallest absolute Gasteiger partial charge is 0.150 e. The number of benzene rings is 1. The summed E-state index contributed by atoms with van der Waals surface area (Å²) in [6.45, 7) is 1.94. The fraction of sp³-hybridized carbons (Fsp3) is 0.182. The van der Waals surface area contributed by atoms with Gasteiger partial charge in [0.25, 0.3) is 0 Å². The molecule has 0 aliphatic carbocycles. The van der Waals surface area contributed by atoms with Crippen LogP contribution < -0.4 is 4.74 Å². The summed E-state index contributed by atoms with van der Waals surface area (Å²) in [5.74, 6) is 0.809. The lowest BCUT2D eigenvalue weighted by atomic mass is 10.1. The molecule has 1 heterocycles. The number of aromatic amines is 1. The maximum absolute atomic E-state index is 10.6. The first kappa shape index (κ1) is 8.81. The number of hydrogen-bond donors (Lipinski definition) is 1. The lowest BCUT2D eigenvalue weighted by molar-refractivity contribution is 0.112. The quantitative estimate of drug-likeness (QED) is 0.736. The van der Waals surface area contributed by atoms with Crippen LogP contribution >= 0.6 is 0 Å². The Kier molecular flexibility index (Phi) is 2.00. The number of aryl methyl sites for hydroxylation is 1. The Morgan fingerprint density at radius 3 is 2.86 bits per heavy atom. The van der Waals surface area contributed by atoms with Crippen molar-refractivity contribution in [1.82, 2.24) is 4.98 Å². The minimum Gasteiger partial charge on any atom is -0.494 e. The van der Waals surface area contributed by atoms with Crippen molar-refractivity contribution < 1.29 is 9.53 Å². The second-order valence-corrected chi connectivity index (χ2v) is 3.21. The minimum absolute atomic E-state index is 0.662. The molecule has 0 bridgehead atoms. The van der Waals surface area contributed by atoms with E-state index in [-0.39, 0.29) is 0 Å². The van der Waals surface area contributed by atoms with E-state index in [1.165, 1.54) is 0 Å². The summed E-state index contributed by atoms with van der Waals surface area (Å²) in [7, 11) is 1.63. The normalized spacial score (nSPS) is 10.4. The van der Waals surface area contributed by atoms with Gasteiger partial charge in [0.2, 0.25) is 0 Å². The number of aldehydes is 1. The monoisotopic (exact) mass is 189 g/mol. The van der Waals surface area contributed by atoms with Crippen LogP contribution in [0.2, 0.25) is 0 Å². The molecule has 0 atom stereocenters. The summed E-state index contributed by atoms with van der Waals surface area (Å²) in [6.07, 6.45) is 0.835. The molecule has 0 aliphatic rings. The average Bonchev–Trinajstić information content (AvgIpc) is 2.52. The third kappa shape index (κ3) is 1.18. The van der Waals surface area contributed by atoms with Gasteiger partial charge in [-0.2, -0.15) is 0 Å². The minimum atomic E-state index is 0.662. The van der Waals surface area contributed by atoms with Crippen LogP contribution in [0.3, 0.4) is 0 Å². The molecule has 1 aromatic heterocycles. The largest absolute Gasteiger partial charge is 0.494 e. The topological polar surface area (TPSA) is 42.1 Å². The van der Waals surface area contributed by atoms with E-state index in [2.05, 4.69) is 4.98 Å². The van der Waals surface area contributed by atoms with Gasteiger partial charge in [-0.05, 0) is 25.1 Å². The molecular weight excluding hydrogens is 178 g/mol. The molecule has 14 heavy (non-hydrogen) atoms. The third-order valence-corrected chi connectivity index (χ3v) is 2.29. The average molecular weight is 189 g/mol. The van der Waals surface area contributed by atoms with Crippen molar-refractivity contribution in [3.63, 3.8) is 0 Å². The Bertz CT molecular complexity index is 485. The fourth-order valence-corrected chi connectivity index (χ4v) is 1.66. The first-order valence-corrected chi connectivity index (χ1v) is 4.37. The Morgan fingerprint density at radius 1 is 1.43 bits per heavy atom. The molecule has 2 aromatic rings. The zero-order valence-corrected chi connectivity index (χ0v) is 8.13. The maximum Gasteiger partial charge on any atom is 0.150 e. The molecule has 3 heteroatoms. The molecule has 0 spiro atoms. The Hall–Kier alpha value is -1.77. The van der Waals surface area contributed by atoms with Crippen LogP contribution in [0.15, 0.2) is 18.2 Å². The molecule has 1 aromatic carbocycles. The predicted molar refractivity (Wildman–Crippen MR) is 55.0 cm³/mol. The lowest BCUT2D eigenvalue weighted by Gasteiger charge is -1.98. The van der Waals surface area contributed by atoms with Gasteiger partial charge in [0, 0.05) is 16.5 Å². The van der Waals surface area contributed by atoms with E-state index < -0.39 is 0 Å². The highest BCUT2D eigenvalue weighted by Gasteiger charge is 2.08. The molecule has 0 fully saturated rings. The summed E-state index contributed by atoms with van der Waals surface area (Å²) in [5, 5.41) is 0.953. The van der Waals surface area contributed by atoms with Gasteiger partial charge in [0.1, 0.15) is 12.0 Å². The molecule has 1 N–H and O–H groups in total. The standard InChI is InChI=1S/C11H11NO2/c1-7-11(14-2)9-5-8(6-13)3-4-10(9)12-7/h3-6,12H,1-2H3. The summed E-state index contributed by atoms with van der Waals surface area (Å²) in [4.78, 5) is 13.8. The molecule has 2 rings (SSSR count). The number of carbonyl (C=O) groups excluding carboxylic acids is 1. The summed E-state index contributed by atoms with van der Waals surface area (Å²) < 4.78 is 5.25. The van der Waals surface area contributed by atoms with Crippen LogP contribution in [0.4, 0.5) is 0 Å². The highest BCUT2D eigenvalue weighted by atomic mass is 16.5. The summed E-state index contributed by atoms with van der Waals surface area (Å²) in [5.41, 5.74) is 2.63. The second-order valence-electron chi connectivity index (χ2n) is 3.21. The van der Waals surface area contributed by atoms with Gasteiger partial charge in [-0.1, -0.05) is 0 Å². The number of rotatable bonds is 2. The molecule has 0 unspecified atom stereocenters. The van der Waals surface area contributed by atoms with Gasteiger partial charge in [-0.15, -0.1) is 0 Å². The molecular formula is C11H11NO2. The molecule has 0 saturated heterocycles. The lowest BCUT2D eigenvalue weighted by Crippen LogP contribution is -1.83. The zero-order valence-electron chi connectivity index (χ0n) is 8.13. The molecule has 72 valence electrons.